The summed E-state index contributed by atoms with van der Waals surface area (Å²) in [4.78, 5) is 20.8. The monoisotopic (exact) mass is 246 g/mol. The number of fused-ring (bicyclic) bond motifs is 1. The molecule has 1 aromatic heterocycles. The van der Waals surface area contributed by atoms with Gasteiger partial charge in [-0.15, -0.1) is 0 Å². The third kappa shape index (κ3) is 2.00. The first-order chi connectivity index (χ1) is 8.75. The topological polar surface area (TPSA) is 48.5 Å². The first kappa shape index (κ1) is 11.6. The molecule has 1 amide bonds. The van der Waals surface area contributed by atoms with Crippen LogP contribution in [0.1, 0.15) is 11.6 Å². The van der Waals surface area contributed by atoms with Gasteiger partial charge >= 0.3 is 0 Å². The average molecular weight is 246 g/mol. The van der Waals surface area contributed by atoms with E-state index < -0.39 is 0 Å². The first-order valence-electron chi connectivity index (χ1n) is 6.38. The average Bonchev–Trinajstić information content (AvgIpc) is 2.40. The van der Waals surface area contributed by atoms with Crippen LogP contribution >= 0.6 is 0 Å². The Morgan fingerprint density at radius 2 is 2.11 bits per heavy atom. The maximum absolute atomic E-state index is 12.5. The lowest BCUT2D eigenvalue weighted by atomic mass is 10.0. The number of carbonyl (C=O) groups excluding carboxylic acids is 1. The number of rotatable bonds is 1. The van der Waals surface area contributed by atoms with Crippen molar-refractivity contribution in [2.45, 2.75) is 12.1 Å². The SMILES string of the molecule is CN1CCN2C(=O)C(c3ccncc3)NCC2C1. The summed E-state index contributed by atoms with van der Waals surface area (Å²) in [5, 5.41) is 3.36. The van der Waals surface area contributed by atoms with Crippen LogP contribution in [-0.4, -0.2) is 60.0 Å². The Hall–Kier alpha value is -1.46. The molecule has 0 spiro atoms. The van der Waals surface area contributed by atoms with E-state index in [4.69, 9.17) is 0 Å². The molecule has 96 valence electrons. The highest BCUT2D eigenvalue weighted by Gasteiger charge is 2.37. The van der Waals surface area contributed by atoms with Gasteiger partial charge in [-0.1, -0.05) is 0 Å². The maximum atomic E-state index is 12.5. The molecule has 0 saturated carbocycles. The number of hydrogen-bond acceptors (Lipinski definition) is 4. The van der Waals surface area contributed by atoms with Crippen molar-refractivity contribution in [1.82, 2.24) is 20.1 Å². The van der Waals surface area contributed by atoms with Gasteiger partial charge in [0.2, 0.25) is 5.91 Å². The van der Waals surface area contributed by atoms with E-state index in [9.17, 15) is 4.79 Å². The number of hydrogen-bond donors (Lipinski definition) is 1. The molecule has 0 bridgehead atoms. The second-order valence-corrected chi connectivity index (χ2v) is 5.07. The lowest BCUT2D eigenvalue weighted by Crippen LogP contribution is -2.63. The van der Waals surface area contributed by atoms with Gasteiger partial charge in [0.05, 0.1) is 6.04 Å². The minimum Gasteiger partial charge on any atom is -0.334 e. The number of nitrogens with one attached hydrogen (secondary N) is 1. The Morgan fingerprint density at radius 1 is 1.33 bits per heavy atom. The molecule has 3 rings (SSSR count). The van der Waals surface area contributed by atoms with E-state index >= 15 is 0 Å². The molecule has 0 radical (unpaired) electrons. The van der Waals surface area contributed by atoms with Gasteiger partial charge in [-0.3, -0.25) is 9.78 Å². The fraction of sp³-hybridized carbons (Fsp3) is 0.538. The summed E-state index contributed by atoms with van der Waals surface area (Å²) in [6.45, 7) is 3.62. The molecule has 0 aliphatic carbocycles. The zero-order valence-electron chi connectivity index (χ0n) is 10.5. The largest absolute Gasteiger partial charge is 0.334 e. The summed E-state index contributed by atoms with van der Waals surface area (Å²) in [6, 6.07) is 3.93. The zero-order chi connectivity index (χ0) is 12.5. The van der Waals surface area contributed by atoms with Gasteiger partial charge in [0.25, 0.3) is 0 Å². The van der Waals surface area contributed by atoms with Crippen LogP contribution in [0.2, 0.25) is 0 Å². The highest BCUT2D eigenvalue weighted by Crippen LogP contribution is 2.22. The lowest BCUT2D eigenvalue weighted by Gasteiger charge is -2.45. The van der Waals surface area contributed by atoms with Gasteiger partial charge in [0.1, 0.15) is 6.04 Å². The number of aromatic nitrogens is 1. The second-order valence-electron chi connectivity index (χ2n) is 5.07. The Balaban J connectivity index is 1.79. The molecule has 2 aliphatic heterocycles. The van der Waals surface area contributed by atoms with Crippen LogP contribution < -0.4 is 5.32 Å². The van der Waals surface area contributed by atoms with Crippen LogP contribution in [0.4, 0.5) is 0 Å². The molecule has 18 heavy (non-hydrogen) atoms. The molecular formula is C13H18N4O. The first-order valence-corrected chi connectivity index (χ1v) is 6.38. The predicted octanol–water partition coefficient (Wildman–Crippen LogP) is -0.132. The predicted molar refractivity (Wildman–Crippen MR) is 68.0 cm³/mol. The summed E-state index contributed by atoms with van der Waals surface area (Å²) in [6.07, 6.45) is 3.47. The van der Waals surface area contributed by atoms with E-state index in [2.05, 4.69) is 22.2 Å². The molecule has 2 aliphatic rings. The van der Waals surface area contributed by atoms with Crippen LogP contribution in [0.15, 0.2) is 24.5 Å². The van der Waals surface area contributed by atoms with E-state index in [0.717, 1.165) is 31.7 Å². The van der Waals surface area contributed by atoms with Gasteiger partial charge in [-0.25, -0.2) is 0 Å². The molecule has 2 fully saturated rings. The van der Waals surface area contributed by atoms with Crippen molar-refractivity contribution in [2.75, 3.05) is 33.2 Å². The Kier molecular flexibility index (Phi) is 3.01. The van der Waals surface area contributed by atoms with Gasteiger partial charge < -0.3 is 15.1 Å². The maximum Gasteiger partial charge on any atom is 0.244 e. The molecule has 5 heteroatoms. The van der Waals surface area contributed by atoms with Gasteiger partial charge in [0.15, 0.2) is 0 Å². The second kappa shape index (κ2) is 4.66. The third-order valence-corrected chi connectivity index (χ3v) is 3.81. The smallest absolute Gasteiger partial charge is 0.244 e. The standard InChI is InChI=1S/C13H18N4O/c1-16-6-7-17-11(9-16)8-15-12(13(17)18)10-2-4-14-5-3-10/h2-5,11-12,15H,6-9H2,1H3. The van der Waals surface area contributed by atoms with E-state index in [1.807, 2.05) is 17.0 Å². The van der Waals surface area contributed by atoms with Crippen LogP contribution in [-0.2, 0) is 4.79 Å². The Bertz CT molecular complexity index is 436. The van der Waals surface area contributed by atoms with E-state index in [-0.39, 0.29) is 11.9 Å². The lowest BCUT2D eigenvalue weighted by molar-refractivity contribution is -0.141. The van der Waals surface area contributed by atoms with Crippen molar-refractivity contribution in [2.24, 2.45) is 0 Å². The molecule has 5 nitrogen and oxygen atoms in total. The fourth-order valence-electron chi connectivity index (χ4n) is 2.80. The summed E-state index contributed by atoms with van der Waals surface area (Å²) in [5.41, 5.74) is 1.01. The summed E-state index contributed by atoms with van der Waals surface area (Å²) >= 11 is 0. The number of piperazine rings is 2. The number of amides is 1. The van der Waals surface area contributed by atoms with Crippen molar-refractivity contribution < 1.29 is 4.79 Å². The van der Waals surface area contributed by atoms with Crippen LogP contribution in [0.25, 0.3) is 0 Å². The van der Waals surface area contributed by atoms with E-state index in [1.165, 1.54) is 0 Å². The molecule has 1 aromatic rings. The van der Waals surface area contributed by atoms with E-state index in [0.29, 0.717) is 6.04 Å². The van der Waals surface area contributed by atoms with Crippen LogP contribution in [0.3, 0.4) is 0 Å². The number of carbonyl (C=O) groups is 1. The molecule has 2 saturated heterocycles. The number of nitrogens with zero attached hydrogens (tertiary/aromatic N) is 3. The van der Waals surface area contributed by atoms with Crippen molar-refractivity contribution >= 4 is 5.91 Å². The summed E-state index contributed by atoms with van der Waals surface area (Å²) in [7, 11) is 2.11. The molecule has 3 heterocycles. The summed E-state index contributed by atoms with van der Waals surface area (Å²) in [5.74, 6) is 0.200. The van der Waals surface area contributed by atoms with Crippen molar-refractivity contribution in [3.05, 3.63) is 30.1 Å². The third-order valence-electron chi connectivity index (χ3n) is 3.81. The molecular weight excluding hydrogens is 228 g/mol. The normalized spacial score (nSPS) is 29.2. The number of pyridine rings is 1. The van der Waals surface area contributed by atoms with Crippen molar-refractivity contribution in [3.8, 4) is 0 Å². The highest BCUT2D eigenvalue weighted by molar-refractivity contribution is 5.84. The van der Waals surface area contributed by atoms with Crippen LogP contribution in [0, 0.1) is 0 Å². The van der Waals surface area contributed by atoms with Crippen molar-refractivity contribution in [3.63, 3.8) is 0 Å². The summed E-state index contributed by atoms with van der Waals surface area (Å²) < 4.78 is 0. The highest BCUT2D eigenvalue weighted by atomic mass is 16.2. The quantitative estimate of drug-likeness (QED) is 0.750. The Labute approximate surface area is 107 Å². The molecule has 2 atom stereocenters. The van der Waals surface area contributed by atoms with Gasteiger partial charge in [0, 0.05) is 38.6 Å². The van der Waals surface area contributed by atoms with Crippen LogP contribution in [0.5, 0.6) is 0 Å². The fourth-order valence-corrected chi connectivity index (χ4v) is 2.80. The minimum absolute atomic E-state index is 0.200. The molecule has 1 N–H and O–H groups in total. The molecule has 2 unspecified atom stereocenters. The van der Waals surface area contributed by atoms with Gasteiger partial charge in [-0.05, 0) is 24.7 Å². The number of likely N-dealkylation sites (N-methyl/N-ethyl adjacent to an activating group) is 1. The van der Waals surface area contributed by atoms with E-state index in [1.54, 1.807) is 12.4 Å². The van der Waals surface area contributed by atoms with Crippen molar-refractivity contribution in [1.29, 1.82) is 0 Å². The minimum atomic E-state index is -0.201. The Morgan fingerprint density at radius 3 is 2.89 bits per heavy atom. The molecule has 0 aromatic carbocycles. The van der Waals surface area contributed by atoms with Gasteiger partial charge in [-0.2, -0.15) is 0 Å². The zero-order valence-corrected chi connectivity index (χ0v) is 10.5.